The summed E-state index contributed by atoms with van der Waals surface area (Å²) in [6.07, 6.45) is 2.71. The number of amides is 2. The highest BCUT2D eigenvalue weighted by molar-refractivity contribution is 6.40. The Morgan fingerprint density at radius 2 is 1.73 bits per heavy atom. The maximum atomic E-state index is 12.4. The van der Waals surface area contributed by atoms with Gasteiger partial charge in [-0.25, -0.2) is 4.98 Å². The SMILES string of the molecule is Nc1ccc(NC(=O)c2[nH]ncc2NC(=O)c2c(Cl)cccc2Cl)cn1. The van der Waals surface area contributed by atoms with Gasteiger partial charge in [0.15, 0.2) is 0 Å². The van der Waals surface area contributed by atoms with Crippen LogP contribution in [0, 0.1) is 0 Å². The number of benzene rings is 1. The van der Waals surface area contributed by atoms with E-state index in [1.54, 1.807) is 30.3 Å². The normalized spacial score (nSPS) is 10.4. The number of nitrogens with zero attached hydrogens (tertiary/aromatic N) is 2. The van der Waals surface area contributed by atoms with Crippen LogP contribution < -0.4 is 16.4 Å². The van der Waals surface area contributed by atoms with Crippen molar-refractivity contribution in [1.82, 2.24) is 15.2 Å². The summed E-state index contributed by atoms with van der Waals surface area (Å²) in [6.45, 7) is 0. The Bertz CT molecular complexity index is 951. The van der Waals surface area contributed by atoms with Crippen molar-refractivity contribution in [2.45, 2.75) is 0 Å². The highest BCUT2D eigenvalue weighted by atomic mass is 35.5. The van der Waals surface area contributed by atoms with Gasteiger partial charge in [0, 0.05) is 0 Å². The number of H-pyrrole nitrogens is 1. The smallest absolute Gasteiger partial charge is 0.275 e. The van der Waals surface area contributed by atoms with Crippen LogP contribution in [-0.4, -0.2) is 27.0 Å². The molecule has 2 heterocycles. The quantitative estimate of drug-likeness (QED) is 0.544. The largest absolute Gasteiger partial charge is 0.384 e. The van der Waals surface area contributed by atoms with Gasteiger partial charge in [-0.05, 0) is 24.3 Å². The molecule has 3 aromatic rings. The van der Waals surface area contributed by atoms with E-state index in [2.05, 4.69) is 25.8 Å². The highest BCUT2D eigenvalue weighted by Crippen LogP contribution is 2.26. The van der Waals surface area contributed by atoms with E-state index >= 15 is 0 Å². The predicted octanol–water partition coefficient (Wildman–Crippen LogP) is 3.20. The van der Waals surface area contributed by atoms with Gasteiger partial charge in [-0.1, -0.05) is 29.3 Å². The third-order valence-electron chi connectivity index (χ3n) is 3.35. The predicted molar refractivity (Wildman–Crippen MR) is 99.6 cm³/mol. The summed E-state index contributed by atoms with van der Waals surface area (Å²) < 4.78 is 0. The molecular formula is C16H12Cl2N6O2. The number of hydrogen-bond donors (Lipinski definition) is 4. The van der Waals surface area contributed by atoms with Crippen molar-refractivity contribution >= 4 is 52.2 Å². The number of nitrogens with one attached hydrogen (secondary N) is 3. The Morgan fingerprint density at radius 3 is 2.38 bits per heavy atom. The van der Waals surface area contributed by atoms with E-state index in [0.717, 1.165) is 0 Å². The molecule has 132 valence electrons. The second-order valence-corrected chi connectivity index (χ2v) is 5.95. The Hall–Kier alpha value is -3.10. The Balaban J connectivity index is 1.79. The molecule has 0 bridgehead atoms. The molecule has 0 radical (unpaired) electrons. The molecule has 0 aliphatic carbocycles. The number of anilines is 3. The molecule has 0 unspecified atom stereocenters. The lowest BCUT2D eigenvalue weighted by Crippen LogP contribution is -2.18. The van der Waals surface area contributed by atoms with E-state index < -0.39 is 11.8 Å². The Kier molecular flexibility index (Phi) is 5.06. The zero-order valence-electron chi connectivity index (χ0n) is 13.1. The monoisotopic (exact) mass is 390 g/mol. The summed E-state index contributed by atoms with van der Waals surface area (Å²) in [6, 6.07) is 7.85. The fourth-order valence-electron chi connectivity index (χ4n) is 2.13. The summed E-state index contributed by atoms with van der Waals surface area (Å²) >= 11 is 12.0. The zero-order valence-corrected chi connectivity index (χ0v) is 14.6. The minimum Gasteiger partial charge on any atom is -0.384 e. The van der Waals surface area contributed by atoms with E-state index in [-0.39, 0.29) is 27.0 Å². The van der Waals surface area contributed by atoms with Crippen LogP contribution in [0.4, 0.5) is 17.2 Å². The first-order chi connectivity index (χ1) is 12.5. The molecule has 0 atom stereocenters. The van der Waals surface area contributed by atoms with Gasteiger partial charge < -0.3 is 16.4 Å². The van der Waals surface area contributed by atoms with E-state index in [0.29, 0.717) is 11.5 Å². The number of aromatic amines is 1. The molecule has 0 aliphatic rings. The van der Waals surface area contributed by atoms with Crippen LogP contribution in [0.1, 0.15) is 20.8 Å². The lowest BCUT2D eigenvalue weighted by molar-refractivity contribution is 0.102. The summed E-state index contributed by atoms with van der Waals surface area (Å²) in [7, 11) is 0. The summed E-state index contributed by atoms with van der Waals surface area (Å²) in [5, 5.41) is 11.9. The van der Waals surface area contributed by atoms with Crippen LogP contribution in [0.5, 0.6) is 0 Å². The van der Waals surface area contributed by atoms with Crippen molar-refractivity contribution in [3.63, 3.8) is 0 Å². The third-order valence-corrected chi connectivity index (χ3v) is 3.98. The van der Waals surface area contributed by atoms with Crippen LogP contribution in [-0.2, 0) is 0 Å². The van der Waals surface area contributed by atoms with Gasteiger partial charge >= 0.3 is 0 Å². The van der Waals surface area contributed by atoms with E-state index in [1.807, 2.05) is 0 Å². The van der Waals surface area contributed by atoms with E-state index in [9.17, 15) is 9.59 Å². The number of nitrogens with two attached hydrogens (primary N) is 1. The number of nitrogen functional groups attached to an aromatic ring is 1. The Labute approximate surface area is 157 Å². The number of carbonyl (C=O) groups is 2. The third kappa shape index (κ3) is 3.76. The molecule has 8 nitrogen and oxygen atoms in total. The van der Waals surface area contributed by atoms with Crippen molar-refractivity contribution in [3.05, 3.63) is 64.0 Å². The lowest BCUT2D eigenvalue weighted by Gasteiger charge is -2.09. The minimum atomic E-state index is -0.565. The molecule has 0 aliphatic heterocycles. The number of rotatable bonds is 4. The maximum absolute atomic E-state index is 12.4. The second-order valence-electron chi connectivity index (χ2n) is 5.14. The van der Waals surface area contributed by atoms with Gasteiger partial charge in [-0.3, -0.25) is 14.7 Å². The van der Waals surface area contributed by atoms with Gasteiger partial charge in [0.05, 0.1) is 39.4 Å². The fourth-order valence-corrected chi connectivity index (χ4v) is 2.70. The molecule has 0 fully saturated rings. The average molecular weight is 391 g/mol. The van der Waals surface area contributed by atoms with Crippen LogP contribution in [0.3, 0.4) is 0 Å². The van der Waals surface area contributed by atoms with E-state index in [1.165, 1.54) is 12.4 Å². The summed E-state index contributed by atoms with van der Waals surface area (Å²) in [5.41, 5.74) is 6.27. The average Bonchev–Trinajstić information content (AvgIpc) is 3.05. The van der Waals surface area contributed by atoms with Crippen molar-refractivity contribution in [2.24, 2.45) is 0 Å². The first-order valence-electron chi connectivity index (χ1n) is 7.27. The van der Waals surface area contributed by atoms with Crippen LogP contribution in [0.15, 0.2) is 42.7 Å². The molecule has 5 N–H and O–H groups in total. The van der Waals surface area contributed by atoms with Gasteiger partial charge in [0.1, 0.15) is 11.5 Å². The van der Waals surface area contributed by atoms with Crippen molar-refractivity contribution < 1.29 is 9.59 Å². The van der Waals surface area contributed by atoms with Crippen LogP contribution >= 0.6 is 23.2 Å². The number of hydrogen-bond acceptors (Lipinski definition) is 5. The van der Waals surface area contributed by atoms with E-state index in [4.69, 9.17) is 28.9 Å². The number of carbonyl (C=O) groups excluding carboxylic acids is 2. The van der Waals surface area contributed by atoms with Crippen molar-refractivity contribution in [2.75, 3.05) is 16.4 Å². The standard InChI is InChI=1S/C16H12Cl2N6O2/c17-9-2-1-3-10(18)13(9)15(25)23-11-7-21-24-14(11)16(26)22-8-4-5-12(19)20-6-8/h1-7H,(H2,19,20)(H,21,24)(H,22,26)(H,23,25). The molecule has 10 heteroatoms. The Morgan fingerprint density at radius 1 is 1.00 bits per heavy atom. The first kappa shape index (κ1) is 17.7. The number of pyridine rings is 1. The maximum Gasteiger partial charge on any atom is 0.275 e. The summed E-state index contributed by atoms with van der Waals surface area (Å²) in [4.78, 5) is 28.7. The highest BCUT2D eigenvalue weighted by Gasteiger charge is 2.20. The van der Waals surface area contributed by atoms with Gasteiger partial charge in [-0.2, -0.15) is 5.10 Å². The summed E-state index contributed by atoms with van der Waals surface area (Å²) in [5.74, 6) is -0.756. The molecule has 0 saturated carbocycles. The van der Waals surface area contributed by atoms with Crippen LogP contribution in [0.2, 0.25) is 10.0 Å². The topological polar surface area (TPSA) is 126 Å². The first-order valence-corrected chi connectivity index (χ1v) is 8.03. The molecule has 3 rings (SSSR count). The minimum absolute atomic E-state index is 0.0540. The van der Waals surface area contributed by atoms with Gasteiger partial charge in [0.2, 0.25) is 0 Å². The van der Waals surface area contributed by atoms with Gasteiger partial charge in [-0.15, -0.1) is 0 Å². The lowest BCUT2D eigenvalue weighted by atomic mass is 10.2. The van der Waals surface area contributed by atoms with Crippen molar-refractivity contribution in [1.29, 1.82) is 0 Å². The fraction of sp³-hybridized carbons (Fsp3) is 0. The molecule has 2 amide bonds. The van der Waals surface area contributed by atoms with Crippen LogP contribution in [0.25, 0.3) is 0 Å². The second kappa shape index (κ2) is 7.42. The molecule has 0 spiro atoms. The van der Waals surface area contributed by atoms with Gasteiger partial charge in [0.25, 0.3) is 11.8 Å². The number of aromatic nitrogens is 3. The number of halogens is 2. The molecular weight excluding hydrogens is 379 g/mol. The molecule has 1 aromatic carbocycles. The molecule has 2 aromatic heterocycles. The van der Waals surface area contributed by atoms with Crippen molar-refractivity contribution in [3.8, 4) is 0 Å². The molecule has 0 saturated heterocycles. The molecule has 26 heavy (non-hydrogen) atoms. The zero-order chi connectivity index (χ0) is 18.7.